The molecule has 3 aliphatic rings. The second-order valence-corrected chi connectivity index (χ2v) is 48.9. The molecular weight excluding hydrogens is 1010 g/mol. The van der Waals surface area contributed by atoms with Gasteiger partial charge in [-0.15, -0.1) is 0 Å². The molecule has 0 N–H and O–H groups in total. The Bertz CT molecular complexity index is 2960. The molecule has 0 saturated carbocycles. The molecule has 0 radical (unpaired) electrons. The molecule has 0 saturated heterocycles. The molecule has 0 spiro atoms. The molecule has 9 rings (SSSR count). The van der Waals surface area contributed by atoms with Gasteiger partial charge in [-0.2, -0.15) is 0 Å². The Kier molecular flexibility index (Phi) is 14.0. The van der Waals surface area contributed by atoms with Gasteiger partial charge in [-0.05, 0) is 0 Å². The van der Waals surface area contributed by atoms with Gasteiger partial charge in [0.1, 0.15) is 0 Å². The van der Waals surface area contributed by atoms with Crippen molar-refractivity contribution in [2.24, 2.45) is 0 Å². The Morgan fingerprint density at radius 2 is 0.889 bits per heavy atom. The number of aryl methyl sites for hydroxylation is 2. The van der Waals surface area contributed by atoms with E-state index in [0.717, 1.165) is 38.5 Å². The van der Waals surface area contributed by atoms with Crippen molar-refractivity contribution in [2.75, 3.05) is 0 Å². The summed E-state index contributed by atoms with van der Waals surface area (Å²) in [6.45, 7) is 37.6. The van der Waals surface area contributed by atoms with E-state index in [0.29, 0.717) is 0 Å². The first kappa shape index (κ1) is 53.3. The number of hydrogen-bond acceptors (Lipinski definition) is 0. The summed E-state index contributed by atoms with van der Waals surface area (Å²) < 4.78 is 1.09. The SMILES string of the molecule is CCCCC1=Cc2c(ccc(C)c2-c2cc(C(C)(C)C)cc(C(C)(C)C)c2)[CH]1[Zr]([Cl])([Cl])([c]1cccc2c1[SiH2]c1ccccc1-2)[CH]1C(CCCC)=Cc2c1ccc(C)c2-c1cc(C(C)(C)C)cc(C(C)(C)C)c1. The van der Waals surface area contributed by atoms with Crippen LogP contribution in [0.3, 0.4) is 0 Å². The molecule has 0 nitrogen and oxygen atoms in total. The van der Waals surface area contributed by atoms with Gasteiger partial charge in [-0.3, -0.25) is 0 Å². The topological polar surface area (TPSA) is 0 Å². The predicted molar refractivity (Wildman–Crippen MR) is 320 cm³/mol. The summed E-state index contributed by atoms with van der Waals surface area (Å²) in [4.78, 5) is 0. The number of hydrogen-bond donors (Lipinski definition) is 0. The minimum atomic E-state index is -5.82. The Hall–Kier alpha value is -3.52. The van der Waals surface area contributed by atoms with E-state index in [2.05, 4.69) is 226 Å². The molecular formula is C68H83Cl2SiZr. The molecule has 1 aliphatic heterocycles. The van der Waals surface area contributed by atoms with Gasteiger partial charge in [-0.25, -0.2) is 0 Å². The standard InChI is InChI=1S/2C28H37.C12H9Si.2ClH.Zr/c2*1-9-10-11-20-14-21-13-12-19(2)26(25(21)15-20)22-16-23(27(3,4)5)18-24(17-22)28(6,7)8;1-3-7-11-9(5-1)10-6-2-4-8-12(10)13-11;;;/h2*12-18H,9-11H2,1-8H3;1-7H,13H2;2*1H;/q;;;;;+2/p-2. The number of benzene rings is 6. The molecule has 2 atom stereocenters. The minimum absolute atomic E-state index is 0.0136. The summed E-state index contributed by atoms with van der Waals surface area (Å²) in [6, 6.07) is 41.0. The molecule has 6 aromatic rings. The summed E-state index contributed by atoms with van der Waals surface area (Å²) in [5.41, 5.74) is 24.3. The fourth-order valence-electron chi connectivity index (χ4n) is 12.8. The Morgan fingerprint density at radius 1 is 0.486 bits per heavy atom. The van der Waals surface area contributed by atoms with E-state index < -0.39 is 25.9 Å². The van der Waals surface area contributed by atoms with E-state index in [1.807, 2.05) is 0 Å². The van der Waals surface area contributed by atoms with Crippen LogP contribution in [0, 0.1) is 13.8 Å². The van der Waals surface area contributed by atoms with E-state index >= 15 is 0 Å². The van der Waals surface area contributed by atoms with Gasteiger partial charge in [0, 0.05) is 0 Å². The second-order valence-electron chi connectivity index (χ2n) is 26.4. The average molecular weight is 1090 g/mol. The second kappa shape index (κ2) is 18.9. The molecule has 377 valence electrons. The fourth-order valence-corrected chi connectivity index (χ4v) is 40.8. The fraction of sp³-hybridized carbons (Fsp3) is 0.412. The molecule has 2 unspecified atom stereocenters. The number of allylic oxidation sites excluding steroid dienone is 2. The first-order chi connectivity index (χ1) is 33.7. The van der Waals surface area contributed by atoms with Gasteiger partial charge in [0.15, 0.2) is 0 Å². The third kappa shape index (κ3) is 9.26. The van der Waals surface area contributed by atoms with Crippen LogP contribution >= 0.6 is 17.0 Å². The first-order valence-electron chi connectivity index (χ1n) is 27.4. The average Bonchev–Trinajstić information content (AvgIpc) is 4.01. The molecule has 2 aliphatic carbocycles. The quantitative estimate of drug-likeness (QED) is 0.113. The van der Waals surface area contributed by atoms with Gasteiger partial charge >= 0.3 is 450 Å². The van der Waals surface area contributed by atoms with Gasteiger partial charge in [-0.1, -0.05) is 0 Å². The number of fused-ring (bicyclic) bond motifs is 5. The van der Waals surface area contributed by atoms with Crippen molar-refractivity contribution in [3.63, 3.8) is 0 Å². The van der Waals surface area contributed by atoms with Gasteiger partial charge in [0.2, 0.25) is 0 Å². The van der Waals surface area contributed by atoms with E-state index in [1.54, 1.807) is 0 Å². The van der Waals surface area contributed by atoms with Crippen molar-refractivity contribution < 1.29 is 16.4 Å². The number of halogens is 2. The van der Waals surface area contributed by atoms with Crippen LogP contribution in [0.2, 0.25) is 0 Å². The first-order valence-corrected chi connectivity index (χ1v) is 39.3. The van der Waals surface area contributed by atoms with Crippen molar-refractivity contribution in [1.29, 1.82) is 0 Å². The van der Waals surface area contributed by atoms with Crippen molar-refractivity contribution in [3.8, 4) is 33.4 Å². The van der Waals surface area contributed by atoms with Crippen LogP contribution < -0.4 is 13.6 Å². The molecule has 1 heterocycles. The molecule has 0 amide bonds. The number of rotatable bonds is 11. The summed E-state index contributed by atoms with van der Waals surface area (Å²) >= 11 is -5.82. The van der Waals surface area contributed by atoms with Crippen LogP contribution in [0.15, 0.2) is 114 Å². The van der Waals surface area contributed by atoms with Crippen LogP contribution in [-0.4, -0.2) is 9.52 Å². The zero-order chi connectivity index (χ0) is 52.1. The summed E-state index contributed by atoms with van der Waals surface area (Å²) in [5.74, 6) is 0. The normalized spacial score (nSPS) is 17.6. The summed E-state index contributed by atoms with van der Waals surface area (Å²) in [5, 5.41) is 2.99. The molecule has 4 heteroatoms. The Balaban J connectivity index is 1.39. The van der Waals surface area contributed by atoms with E-state index in [-0.39, 0.29) is 28.9 Å². The van der Waals surface area contributed by atoms with Crippen LogP contribution in [0.4, 0.5) is 0 Å². The third-order valence-corrected chi connectivity index (χ3v) is 39.8. The summed E-state index contributed by atoms with van der Waals surface area (Å²) in [6.07, 6.45) is 11.6. The van der Waals surface area contributed by atoms with E-state index in [1.165, 1.54) is 114 Å². The molecule has 0 aromatic heterocycles. The zero-order valence-electron chi connectivity index (χ0n) is 46.8. The Labute approximate surface area is 446 Å². The monoisotopic (exact) mass is 1090 g/mol. The van der Waals surface area contributed by atoms with Crippen LogP contribution in [0.5, 0.6) is 0 Å². The summed E-state index contributed by atoms with van der Waals surface area (Å²) in [7, 11) is 18.5. The molecule has 72 heavy (non-hydrogen) atoms. The molecule has 0 bridgehead atoms. The van der Waals surface area contributed by atoms with Gasteiger partial charge in [0.05, 0.1) is 0 Å². The van der Waals surface area contributed by atoms with Crippen molar-refractivity contribution >= 4 is 52.3 Å². The maximum absolute atomic E-state index is 9.69. The maximum atomic E-state index is 9.69. The predicted octanol–water partition coefficient (Wildman–Crippen LogP) is 18.2. The zero-order valence-corrected chi connectivity index (χ0v) is 52.2. The Morgan fingerprint density at radius 3 is 1.29 bits per heavy atom. The van der Waals surface area contributed by atoms with Crippen molar-refractivity contribution in [2.45, 2.75) is 178 Å². The van der Waals surface area contributed by atoms with Gasteiger partial charge < -0.3 is 0 Å². The van der Waals surface area contributed by atoms with Crippen LogP contribution in [-0.2, 0) is 38.1 Å². The number of unbranched alkanes of at least 4 members (excludes halogenated alkanes) is 2. The van der Waals surface area contributed by atoms with E-state index in [4.69, 9.17) is 0 Å². The van der Waals surface area contributed by atoms with Crippen molar-refractivity contribution in [1.82, 2.24) is 0 Å². The van der Waals surface area contributed by atoms with Gasteiger partial charge in [0.25, 0.3) is 0 Å². The van der Waals surface area contributed by atoms with Crippen LogP contribution in [0.25, 0.3) is 45.5 Å². The molecule has 6 aromatic carbocycles. The van der Waals surface area contributed by atoms with Crippen molar-refractivity contribution in [3.05, 3.63) is 170 Å². The third-order valence-electron chi connectivity index (χ3n) is 17.0. The molecule has 0 fully saturated rings. The van der Waals surface area contributed by atoms with E-state index in [9.17, 15) is 17.0 Å². The van der Waals surface area contributed by atoms with Crippen LogP contribution in [0.1, 0.15) is 198 Å².